The molecule has 0 bridgehead atoms. The molecule has 0 saturated heterocycles. The van der Waals surface area contributed by atoms with Gasteiger partial charge in [0.1, 0.15) is 24.4 Å². The fourth-order valence-electron chi connectivity index (χ4n) is 7.30. The molecule has 0 fully saturated rings. The van der Waals surface area contributed by atoms with Gasteiger partial charge in [-0.15, -0.1) is 71.8 Å². The molecule has 7 nitrogen and oxygen atoms in total. The Morgan fingerprint density at radius 2 is 1.16 bits per heavy atom. The van der Waals surface area contributed by atoms with Gasteiger partial charge in [0.25, 0.3) is 0 Å². The Balaban J connectivity index is 0.000000207. The van der Waals surface area contributed by atoms with E-state index in [0.717, 1.165) is 93.5 Å². The summed E-state index contributed by atoms with van der Waals surface area (Å²) in [6.45, 7) is 14.6. The van der Waals surface area contributed by atoms with E-state index in [4.69, 9.17) is 4.42 Å². The molecule has 1 aliphatic heterocycles. The molecule has 313 valence electrons. The molecule has 1 aliphatic carbocycles. The van der Waals surface area contributed by atoms with E-state index in [1.807, 2.05) is 103 Å². The number of hydrogen-bond donors (Lipinski definition) is 0. The summed E-state index contributed by atoms with van der Waals surface area (Å²) in [5.74, 6) is 0.885. The monoisotopic (exact) mass is 992 g/mol. The summed E-state index contributed by atoms with van der Waals surface area (Å²) in [6, 6.07) is 55.1. The summed E-state index contributed by atoms with van der Waals surface area (Å²) >= 11 is 0. The van der Waals surface area contributed by atoms with Crippen molar-refractivity contribution in [1.29, 1.82) is 0 Å². The fourth-order valence-corrected chi connectivity index (χ4v) is 7.30. The van der Waals surface area contributed by atoms with Crippen LogP contribution in [0.1, 0.15) is 33.3 Å². The van der Waals surface area contributed by atoms with Crippen LogP contribution in [0, 0.1) is 19.1 Å². The standard InChI is InChI=1S/C32H35N4O.2C11H8N.Ir/c1-6-35(7-2)24-10-12-26-30(20-24)37-31-21-25(36(8-3)9-4)11-13-27(31)32(26)23-15-17-34-29(19-23)28-18-22(5)14-16-33-28;2*1-2-6-10(7-3-1)11-8-4-5-9-12-11;/h10-21H,6-9H2,1-5H3;2*1-6,8-9H;/q+1;2*-1;. The molecule has 62 heavy (non-hydrogen) atoms. The SMILES string of the molecule is CCN(CC)c1ccc2c(-c3ccnc(-c4cc(C)ccn4)c3)c3ccc(=[N+](CC)CC)cc-3oc2c1.[Ir].[c-]1ccccc1-c1ccccn1.[c-]1ccccc1-c1ccccn1. The summed E-state index contributed by atoms with van der Waals surface area (Å²) < 4.78 is 8.96. The number of aryl methyl sites for hydroxylation is 1. The average Bonchev–Trinajstić information content (AvgIpc) is 3.33. The topological polar surface area (TPSA) is 71.0 Å². The Bertz CT molecular complexity index is 2650. The van der Waals surface area contributed by atoms with E-state index in [1.165, 1.54) is 16.6 Å². The maximum Gasteiger partial charge on any atom is 0.203 e. The fraction of sp³-hybridized carbons (Fsp3) is 0.167. The van der Waals surface area contributed by atoms with E-state index in [-0.39, 0.29) is 20.1 Å². The van der Waals surface area contributed by atoms with Crippen LogP contribution in [0.2, 0.25) is 0 Å². The average molecular weight is 992 g/mol. The predicted octanol–water partition coefficient (Wildman–Crippen LogP) is 11.7. The van der Waals surface area contributed by atoms with E-state index in [2.05, 4.69) is 131 Å². The zero-order valence-electron chi connectivity index (χ0n) is 35.9. The molecule has 0 saturated carbocycles. The molecule has 9 rings (SSSR count). The summed E-state index contributed by atoms with van der Waals surface area (Å²) in [4.78, 5) is 20.0. The van der Waals surface area contributed by atoms with Gasteiger partial charge in [-0.1, -0.05) is 24.3 Å². The van der Waals surface area contributed by atoms with Crippen molar-refractivity contribution in [1.82, 2.24) is 24.5 Å². The van der Waals surface area contributed by atoms with E-state index < -0.39 is 0 Å². The number of benzene rings is 4. The first kappa shape index (κ1) is 44.9. The number of aromatic nitrogens is 4. The first-order valence-corrected chi connectivity index (χ1v) is 21.0. The maximum absolute atomic E-state index is 6.62. The Labute approximate surface area is 379 Å². The van der Waals surface area contributed by atoms with E-state index >= 15 is 0 Å². The minimum atomic E-state index is 0. The number of rotatable bonds is 9. The third kappa shape index (κ3) is 11.0. The van der Waals surface area contributed by atoms with E-state index in [1.54, 1.807) is 12.4 Å². The Morgan fingerprint density at radius 3 is 1.71 bits per heavy atom. The van der Waals surface area contributed by atoms with Crippen molar-refractivity contribution < 1.29 is 24.5 Å². The zero-order chi connectivity index (χ0) is 42.4. The maximum atomic E-state index is 6.62. The molecule has 8 heteroatoms. The minimum absolute atomic E-state index is 0. The van der Waals surface area contributed by atoms with Crippen molar-refractivity contribution >= 4 is 16.7 Å². The van der Waals surface area contributed by atoms with Crippen molar-refractivity contribution in [3.8, 4) is 56.4 Å². The van der Waals surface area contributed by atoms with Crippen LogP contribution in [0.3, 0.4) is 0 Å². The van der Waals surface area contributed by atoms with Crippen molar-refractivity contribution in [3.63, 3.8) is 0 Å². The Hall–Kier alpha value is -6.60. The summed E-state index contributed by atoms with van der Waals surface area (Å²) in [6.07, 6.45) is 7.30. The van der Waals surface area contributed by atoms with Gasteiger partial charge >= 0.3 is 0 Å². The van der Waals surface area contributed by atoms with E-state index in [9.17, 15) is 0 Å². The number of nitrogens with zero attached hydrogens (tertiary/aromatic N) is 6. The van der Waals surface area contributed by atoms with Crippen LogP contribution in [-0.4, -0.2) is 46.1 Å². The molecular weight excluding hydrogens is 941 g/mol. The molecule has 4 aromatic heterocycles. The van der Waals surface area contributed by atoms with Crippen molar-refractivity contribution in [2.45, 2.75) is 34.6 Å². The molecule has 0 amide bonds. The molecule has 1 radical (unpaired) electrons. The van der Waals surface area contributed by atoms with Gasteiger partial charge in [-0.2, -0.15) is 0 Å². The summed E-state index contributed by atoms with van der Waals surface area (Å²) in [5.41, 5.74) is 12.3. The molecule has 3 aromatic carbocycles. The Kier molecular flexibility index (Phi) is 16.2. The van der Waals surface area contributed by atoms with Gasteiger partial charge < -0.3 is 19.3 Å². The summed E-state index contributed by atoms with van der Waals surface area (Å²) in [5, 5.41) is 2.26. The zero-order valence-corrected chi connectivity index (χ0v) is 38.3. The van der Waals surface area contributed by atoms with E-state index in [0.29, 0.717) is 0 Å². The van der Waals surface area contributed by atoms with Crippen LogP contribution in [0.25, 0.3) is 67.3 Å². The smallest absolute Gasteiger partial charge is 0.203 e. The van der Waals surface area contributed by atoms with Gasteiger partial charge in [0.15, 0.2) is 0 Å². The molecule has 0 atom stereocenters. The third-order valence-electron chi connectivity index (χ3n) is 10.5. The van der Waals surface area contributed by atoms with Crippen molar-refractivity contribution in [2.75, 3.05) is 31.1 Å². The van der Waals surface area contributed by atoms with Crippen LogP contribution >= 0.6 is 0 Å². The minimum Gasteiger partial charge on any atom is -0.456 e. The van der Waals surface area contributed by atoms with Gasteiger partial charge in [-0.05, 0) is 112 Å². The van der Waals surface area contributed by atoms with Crippen LogP contribution in [0.5, 0.6) is 0 Å². The van der Waals surface area contributed by atoms with Crippen LogP contribution in [-0.2, 0) is 20.1 Å². The molecule has 2 aliphatic rings. The largest absolute Gasteiger partial charge is 0.456 e. The first-order valence-electron chi connectivity index (χ1n) is 21.0. The van der Waals surface area contributed by atoms with Gasteiger partial charge in [0.2, 0.25) is 5.36 Å². The second-order valence-electron chi connectivity index (χ2n) is 14.3. The third-order valence-corrected chi connectivity index (χ3v) is 10.5. The van der Waals surface area contributed by atoms with Gasteiger partial charge in [0.05, 0.1) is 17.5 Å². The van der Waals surface area contributed by atoms with Crippen LogP contribution in [0.4, 0.5) is 5.69 Å². The molecule has 0 unspecified atom stereocenters. The normalized spacial score (nSPS) is 10.5. The van der Waals surface area contributed by atoms with Crippen molar-refractivity contribution in [2.24, 2.45) is 0 Å². The quantitative estimate of drug-likeness (QED) is 0.0815. The van der Waals surface area contributed by atoms with Gasteiger partial charge in [-0.3, -0.25) is 9.97 Å². The molecular formula is C54H51IrN6O-. The molecule has 0 spiro atoms. The Morgan fingerprint density at radius 1 is 0.565 bits per heavy atom. The van der Waals surface area contributed by atoms with Crippen molar-refractivity contribution in [3.05, 3.63) is 193 Å². The first-order chi connectivity index (χ1) is 30.0. The second-order valence-corrected chi connectivity index (χ2v) is 14.3. The number of anilines is 1. The molecule has 0 N–H and O–H groups in total. The summed E-state index contributed by atoms with van der Waals surface area (Å²) in [7, 11) is 0. The molecule has 7 aromatic rings. The molecule has 5 heterocycles. The van der Waals surface area contributed by atoms with Crippen LogP contribution < -0.4 is 14.8 Å². The van der Waals surface area contributed by atoms with Gasteiger partial charge in [0, 0.05) is 92.3 Å². The second kappa shape index (κ2) is 22.3. The number of fused-ring (bicyclic) bond motifs is 2. The number of hydrogen-bond acceptors (Lipinski definition) is 6. The van der Waals surface area contributed by atoms with Crippen LogP contribution in [0.15, 0.2) is 175 Å². The number of pyridine rings is 4. The van der Waals surface area contributed by atoms with Gasteiger partial charge in [-0.25, -0.2) is 4.58 Å². The predicted molar refractivity (Wildman–Crippen MR) is 251 cm³/mol.